The van der Waals surface area contributed by atoms with Crippen molar-refractivity contribution in [2.75, 3.05) is 32.7 Å². The maximum Gasteiger partial charge on any atom is 0.219 e. The first-order valence-corrected chi connectivity index (χ1v) is 8.52. The van der Waals surface area contributed by atoms with Gasteiger partial charge in [-0.2, -0.15) is 0 Å². The highest BCUT2D eigenvalue weighted by atomic mass is 16.1. The van der Waals surface area contributed by atoms with Crippen molar-refractivity contribution in [1.82, 2.24) is 10.2 Å². The van der Waals surface area contributed by atoms with E-state index >= 15 is 0 Å². The molecule has 0 unspecified atom stereocenters. The summed E-state index contributed by atoms with van der Waals surface area (Å²) in [6, 6.07) is 0. The smallest absolute Gasteiger partial charge is 0.219 e. The van der Waals surface area contributed by atoms with Gasteiger partial charge < -0.3 is 16.0 Å². The Balaban J connectivity index is 1.90. The van der Waals surface area contributed by atoms with E-state index in [0.29, 0.717) is 6.42 Å². The lowest BCUT2D eigenvalue weighted by Crippen LogP contribution is -2.30. The average Bonchev–Trinajstić information content (AvgIpc) is 2.72. The summed E-state index contributed by atoms with van der Waals surface area (Å²) in [4.78, 5) is 14.2. The van der Waals surface area contributed by atoms with Gasteiger partial charge >= 0.3 is 0 Å². The molecule has 1 amide bonds. The lowest BCUT2D eigenvalue weighted by molar-refractivity contribution is -0.121. The molecule has 0 aliphatic carbocycles. The number of rotatable bonds is 10. The van der Waals surface area contributed by atoms with E-state index in [-0.39, 0.29) is 5.91 Å². The molecule has 0 aromatic rings. The number of likely N-dealkylation sites (tertiary alicyclic amines) is 1. The normalized spacial score (nSPS) is 16.9. The SMILES string of the molecule is NCCCCCCC(=O)NCCCN1CCCCCC1. The molecule has 1 heterocycles. The van der Waals surface area contributed by atoms with Crippen LogP contribution in [0.3, 0.4) is 0 Å². The van der Waals surface area contributed by atoms with Crippen molar-refractivity contribution in [3.8, 4) is 0 Å². The van der Waals surface area contributed by atoms with Gasteiger partial charge in [-0.1, -0.05) is 25.7 Å². The molecule has 0 radical (unpaired) electrons. The molecule has 1 aliphatic heterocycles. The molecule has 0 aromatic carbocycles. The van der Waals surface area contributed by atoms with E-state index in [9.17, 15) is 4.79 Å². The van der Waals surface area contributed by atoms with E-state index in [0.717, 1.165) is 51.7 Å². The van der Waals surface area contributed by atoms with Crippen LogP contribution >= 0.6 is 0 Å². The molecular weight excluding hydrogens is 250 g/mol. The zero-order valence-corrected chi connectivity index (χ0v) is 13.0. The zero-order valence-electron chi connectivity index (χ0n) is 13.0. The maximum atomic E-state index is 11.6. The third kappa shape index (κ3) is 9.32. The molecule has 0 spiro atoms. The van der Waals surface area contributed by atoms with Gasteiger partial charge in [-0.3, -0.25) is 4.79 Å². The van der Waals surface area contributed by atoms with Gasteiger partial charge in [0.15, 0.2) is 0 Å². The molecule has 1 saturated heterocycles. The molecule has 20 heavy (non-hydrogen) atoms. The van der Waals surface area contributed by atoms with E-state index in [1.54, 1.807) is 0 Å². The molecular formula is C16H33N3O. The monoisotopic (exact) mass is 283 g/mol. The summed E-state index contributed by atoms with van der Waals surface area (Å²) in [5.41, 5.74) is 5.44. The van der Waals surface area contributed by atoms with Crippen molar-refractivity contribution >= 4 is 5.91 Å². The zero-order chi connectivity index (χ0) is 14.5. The van der Waals surface area contributed by atoms with E-state index < -0.39 is 0 Å². The first-order chi connectivity index (χ1) is 9.83. The summed E-state index contributed by atoms with van der Waals surface area (Å²) >= 11 is 0. The minimum atomic E-state index is 0.216. The van der Waals surface area contributed by atoms with Gasteiger partial charge in [0.25, 0.3) is 0 Å². The Hall–Kier alpha value is -0.610. The highest BCUT2D eigenvalue weighted by molar-refractivity contribution is 5.75. The number of carbonyl (C=O) groups is 1. The highest BCUT2D eigenvalue weighted by Crippen LogP contribution is 2.09. The summed E-state index contributed by atoms with van der Waals surface area (Å²) in [5, 5.41) is 3.04. The fourth-order valence-electron chi connectivity index (χ4n) is 2.76. The molecule has 118 valence electrons. The number of hydrogen-bond acceptors (Lipinski definition) is 3. The molecule has 1 rings (SSSR count). The molecule has 1 aliphatic rings. The van der Waals surface area contributed by atoms with Crippen LogP contribution in [0.2, 0.25) is 0 Å². The summed E-state index contributed by atoms with van der Waals surface area (Å²) in [7, 11) is 0. The van der Waals surface area contributed by atoms with Crippen molar-refractivity contribution in [2.24, 2.45) is 5.73 Å². The van der Waals surface area contributed by atoms with Crippen molar-refractivity contribution < 1.29 is 4.79 Å². The van der Waals surface area contributed by atoms with Crippen LogP contribution in [0.15, 0.2) is 0 Å². The van der Waals surface area contributed by atoms with Gasteiger partial charge in [0.05, 0.1) is 0 Å². The Morgan fingerprint density at radius 3 is 2.35 bits per heavy atom. The Kier molecular flexibility index (Phi) is 10.6. The number of unbranched alkanes of at least 4 members (excludes halogenated alkanes) is 3. The second kappa shape index (κ2) is 12.2. The second-order valence-corrected chi connectivity index (χ2v) is 5.91. The first kappa shape index (κ1) is 17.4. The van der Waals surface area contributed by atoms with Crippen LogP contribution in [-0.2, 0) is 4.79 Å². The molecule has 3 N–H and O–H groups in total. The number of hydrogen-bond donors (Lipinski definition) is 2. The van der Waals surface area contributed by atoms with Crippen LogP contribution in [0.25, 0.3) is 0 Å². The van der Waals surface area contributed by atoms with Gasteiger partial charge in [-0.25, -0.2) is 0 Å². The minimum absolute atomic E-state index is 0.216. The van der Waals surface area contributed by atoms with Crippen LogP contribution in [0.1, 0.15) is 64.2 Å². The molecule has 0 atom stereocenters. The van der Waals surface area contributed by atoms with Crippen LogP contribution in [0.5, 0.6) is 0 Å². The van der Waals surface area contributed by atoms with Crippen LogP contribution in [0, 0.1) is 0 Å². The molecule has 4 heteroatoms. The molecule has 0 aromatic heterocycles. The lowest BCUT2D eigenvalue weighted by atomic mass is 10.1. The minimum Gasteiger partial charge on any atom is -0.356 e. The predicted molar refractivity (Wildman–Crippen MR) is 84.7 cm³/mol. The van der Waals surface area contributed by atoms with E-state index in [4.69, 9.17) is 5.73 Å². The van der Waals surface area contributed by atoms with Crippen molar-refractivity contribution in [3.63, 3.8) is 0 Å². The number of nitrogens with zero attached hydrogens (tertiary/aromatic N) is 1. The van der Waals surface area contributed by atoms with Crippen LogP contribution in [0.4, 0.5) is 0 Å². The quantitative estimate of drug-likeness (QED) is 0.605. The van der Waals surface area contributed by atoms with E-state index in [1.807, 2.05) is 0 Å². The molecule has 0 bridgehead atoms. The predicted octanol–water partition coefficient (Wildman–Crippen LogP) is 2.28. The van der Waals surface area contributed by atoms with Gasteiger partial charge in [0.2, 0.25) is 5.91 Å². The third-order valence-electron chi connectivity index (χ3n) is 4.03. The van der Waals surface area contributed by atoms with Crippen LogP contribution in [-0.4, -0.2) is 43.5 Å². The summed E-state index contributed by atoms with van der Waals surface area (Å²) in [5.74, 6) is 0.216. The number of carbonyl (C=O) groups excluding carboxylic acids is 1. The fraction of sp³-hybridized carbons (Fsp3) is 0.938. The first-order valence-electron chi connectivity index (χ1n) is 8.52. The molecule has 0 saturated carbocycles. The Bertz CT molecular complexity index is 238. The number of nitrogens with one attached hydrogen (secondary N) is 1. The maximum absolute atomic E-state index is 11.6. The largest absolute Gasteiger partial charge is 0.356 e. The summed E-state index contributed by atoms with van der Waals surface area (Å²) < 4.78 is 0. The third-order valence-corrected chi connectivity index (χ3v) is 4.03. The van der Waals surface area contributed by atoms with E-state index in [1.165, 1.54) is 38.8 Å². The molecule has 1 fully saturated rings. The highest BCUT2D eigenvalue weighted by Gasteiger charge is 2.08. The second-order valence-electron chi connectivity index (χ2n) is 5.91. The Morgan fingerprint density at radius 1 is 0.950 bits per heavy atom. The summed E-state index contributed by atoms with van der Waals surface area (Å²) in [6.07, 6.45) is 11.6. The number of amides is 1. The van der Waals surface area contributed by atoms with Gasteiger partial charge in [-0.05, 0) is 58.3 Å². The van der Waals surface area contributed by atoms with Gasteiger partial charge in [-0.15, -0.1) is 0 Å². The van der Waals surface area contributed by atoms with Crippen molar-refractivity contribution in [1.29, 1.82) is 0 Å². The van der Waals surface area contributed by atoms with Crippen molar-refractivity contribution in [2.45, 2.75) is 64.2 Å². The van der Waals surface area contributed by atoms with E-state index in [2.05, 4.69) is 10.2 Å². The lowest BCUT2D eigenvalue weighted by Gasteiger charge is -2.19. The Labute approximate surface area is 124 Å². The topological polar surface area (TPSA) is 58.4 Å². The fourth-order valence-corrected chi connectivity index (χ4v) is 2.76. The molecule has 4 nitrogen and oxygen atoms in total. The standard InChI is InChI=1S/C16H33N3O/c17-11-6-2-1-5-10-16(20)18-12-9-15-19-13-7-3-4-8-14-19/h1-15,17H2,(H,18,20). The average molecular weight is 283 g/mol. The summed E-state index contributed by atoms with van der Waals surface area (Å²) in [6.45, 7) is 5.22. The van der Waals surface area contributed by atoms with Gasteiger partial charge in [0, 0.05) is 13.0 Å². The van der Waals surface area contributed by atoms with Crippen molar-refractivity contribution in [3.05, 3.63) is 0 Å². The number of nitrogens with two attached hydrogens (primary N) is 1. The van der Waals surface area contributed by atoms with Crippen LogP contribution < -0.4 is 11.1 Å². The van der Waals surface area contributed by atoms with Gasteiger partial charge in [0.1, 0.15) is 0 Å². The Morgan fingerprint density at radius 2 is 1.65 bits per heavy atom.